The molecule has 0 spiro atoms. The fourth-order valence-electron chi connectivity index (χ4n) is 5.15. The van der Waals surface area contributed by atoms with E-state index in [1.807, 2.05) is 30.3 Å². The summed E-state index contributed by atoms with van der Waals surface area (Å²) in [5, 5.41) is 3.17. The second-order valence-corrected chi connectivity index (χ2v) is 9.11. The molecule has 1 saturated carbocycles. The number of benzene rings is 2. The summed E-state index contributed by atoms with van der Waals surface area (Å²) >= 11 is 0. The highest BCUT2D eigenvalue weighted by atomic mass is 16.5. The van der Waals surface area contributed by atoms with E-state index in [0.717, 1.165) is 54.5 Å². The lowest BCUT2D eigenvalue weighted by Gasteiger charge is -2.38. The normalized spacial score (nSPS) is 19.4. The lowest BCUT2D eigenvalue weighted by molar-refractivity contribution is -0.121. The molecule has 0 aromatic heterocycles. The molecule has 2 aromatic carbocycles. The molecular formula is C27H36N2O2. The average Bonchev–Trinajstić information content (AvgIpc) is 2.79. The zero-order valence-corrected chi connectivity index (χ0v) is 18.8. The van der Waals surface area contributed by atoms with Gasteiger partial charge >= 0.3 is 0 Å². The first kappa shape index (κ1) is 21.9. The average molecular weight is 421 g/mol. The highest BCUT2D eigenvalue weighted by molar-refractivity contribution is 5.93. The van der Waals surface area contributed by atoms with Crippen LogP contribution in [0.2, 0.25) is 0 Å². The van der Waals surface area contributed by atoms with Crippen molar-refractivity contribution < 1.29 is 9.53 Å². The third-order valence-electron chi connectivity index (χ3n) is 7.02. The lowest BCUT2D eigenvalue weighted by atomic mass is 9.91. The van der Waals surface area contributed by atoms with Crippen LogP contribution >= 0.6 is 0 Å². The van der Waals surface area contributed by atoms with Crippen molar-refractivity contribution in [2.24, 2.45) is 5.92 Å². The molecule has 0 atom stereocenters. The van der Waals surface area contributed by atoms with Gasteiger partial charge in [-0.3, -0.25) is 4.79 Å². The maximum atomic E-state index is 12.9. The summed E-state index contributed by atoms with van der Waals surface area (Å²) in [6.07, 6.45) is 11.6. The molecule has 166 valence electrons. The first-order chi connectivity index (χ1) is 15.2. The highest BCUT2D eigenvalue weighted by Crippen LogP contribution is 2.29. The number of anilines is 1. The Labute approximate surface area is 187 Å². The first-order valence-electron chi connectivity index (χ1n) is 12.0. The van der Waals surface area contributed by atoms with Gasteiger partial charge in [-0.2, -0.15) is 0 Å². The van der Waals surface area contributed by atoms with Crippen LogP contribution in [-0.2, 0) is 4.79 Å². The van der Waals surface area contributed by atoms with Crippen LogP contribution in [0.5, 0.6) is 5.75 Å². The van der Waals surface area contributed by atoms with Gasteiger partial charge in [-0.25, -0.2) is 0 Å². The van der Waals surface area contributed by atoms with Crippen LogP contribution < -0.4 is 10.1 Å². The molecule has 1 N–H and O–H groups in total. The van der Waals surface area contributed by atoms with Crippen molar-refractivity contribution in [3.8, 4) is 16.9 Å². The number of hydrogen-bond acceptors (Lipinski definition) is 3. The van der Waals surface area contributed by atoms with Crippen molar-refractivity contribution in [3.63, 3.8) is 0 Å². The second kappa shape index (κ2) is 10.8. The Kier molecular flexibility index (Phi) is 7.63. The van der Waals surface area contributed by atoms with Crippen LogP contribution in [0, 0.1) is 5.92 Å². The molecule has 2 aromatic rings. The summed E-state index contributed by atoms with van der Waals surface area (Å²) in [7, 11) is 1.68. The Hall–Kier alpha value is -2.33. The zero-order valence-electron chi connectivity index (χ0n) is 18.8. The Morgan fingerprint density at radius 2 is 1.52 bits per heavy atom. The van der Waals surface area contributed by atoms with Crippen molar-refractivity contribution in [1.82, 2.24) is 4.90 Å². The number of nitrogens with zero attached hydrogens (tertiary/aromatic N) is 1. The van der Waals surface area contributed by atoms with Gasteiger partial charge in [0.1, 0.15) is 5.75 Å². The number of carbonyl (C=O) groups excluding carboxylic acids is 1. The Balaban J connectivity index is 1.33. The van der Waals surface area contributed by atoms with Crippen molar-refractivity contribution in [2.45, 2.75) is 63.8 Å². The van der Waals surface area contributed by atoms with Crippen molar-refractivity contribution in [3.05, 3.63) is 48.5 Å². The maximum absolute atomic E-state index is 12.9. The molecule has 2 fully saturated rings. The monoisotopic (exact) mass is 420 g/mol. The highest BCUT2D eigenvalue weighted by Gasteiger charge is 2.28. The van der Waals surface area contributed by atoms with Gasteiger partial charge in [-0.15, -0.1) is 0 Å². The number of rotatable bonds is 5. The van der Waals surface area contributed by atoms with E-state index in [4.69, 9.17) is 4.74 Å². The number of methoxy groups -OCH3 is 1. The third kappa shape index (κ3) is 5.88. The van der Waals surface area contributed by atoms with Crippen LogP contribution in [0.15, 0.2) is 48.5 Å². The first-order valence-corrected chi connectivity index (χ1v) is 12.0. The van der Waals surface area contributed by atoms with Gasteiger partial charge in [0.05, 0.1) is 7.11 Å². The number of nitrogens with one attached hydrogen (secondary N) is 1. The van der Waals surface area contributed by atoms with Gasteiger partial charge < -0.3 is 15.0 Å². The predicted octanol–water partition coefficient (Wildman–Crippen LogP) is 6.13. The molecule has 4 rings (SSSR count). The number of likely N-dealkylation sites (tertiary alicyclic amines) is 1. The Morgan fingerprint density at radius 3 is 2.23 bits per heavy atom. The van der Waals surface area contributed by atoms with Gasteiger partial charge in [-0.05, 0) is 74.2 Å². The molecular weight excluding hydrogens is 384 g/mol. The standard InChI is InChI=1S/C27H36N2O2/c1-31-26-14-8-10-23(20-26)22-9-7-11-24(19-22)28-27(30)21-15-17-29(18-16-21)25-12-5-3-2-4-6-13-25/h7-11,14,19-21,25H,2-6,12-13,15-18H2,1H3,(H,28,30). The molecule has 1 aliphatic carbocycles. The molecule has 1 amide bonds. The maximum Gasteiger partial charge on any atom is 0.227 e. The van der Waals surface area contributed by atoms with Crippen LogP contribution in [-0.4, -0.2) is 37.0 Å². The number of amides is 1. The molecule has 0 bridgehead atoms. The number of carbonyl (C=O) groups is 1. The van der Waals surface area contributed by atoms with Gasteiger partial charge in [0.25, 0.3) is 0 Å². The molecule has 1 aliphatic heterocycles. The largest absolute Gasteiger partial charge is 0.497 e. The van der Waals surface area contributed by atoms with E-state index in [1.165, 1.54) is 44.9 Å². The minimum atomic E-state index is 0.116. The molecule has 4 nitrogen and oxygen atoms in total. The number of piperidine rings is 1. The summed E-state index contributed by atoms with van der Waals surface area (Å²) in [5.41, 5.74) is 3.03. The van der Waals surface area contributed by atoms with Crippen molar-refractivity contribution in [2.75, 3.05) is 25.5 Å². The Bertz CT molecular complexity index is 850. The van der Waals surface area contributed by atoms with Crippen LogP contribution in [0.4, 0.5) is 5.69 Å². The topological polar surface area (TPSA) is 41.6 Å². The van der Waals surface area contributed by atoms with Crippen molar-refractivity contribution in [1.29, 1.82) is 0 Å². The summed E-state index contributed by atoms with van der Waals surface area (Å²) in [6.45, 7) is 2.12. The third-order valence-corrected chi connectivity index (χ3v) is 7.02. The van der Waals surface area contributed by atoms with E-state index >= 15 is 0 Å². The van der Waals surface area contributed by atoms with E-state index in [-0.39, 0.29) is 11.8 Å². The molecule has 0 unspecified atom stereocenters. The Morgan fingerprint density at radius 1 is 0.871 bits per heavy atom. The van der Waals surface area contributed by atoms with Gasteiger partial charge in [0.15, 0.2) is 0 Å². The minimum absolute atomic E-state index is 0.116. The van der Waals surface area contributed by atoms with E-state index in [0.29, 0.717) is 0 Å². The van der Waals surface area contributed by atoms with Crippen LogP contribution in [0.25, 0.3) is 11.1 Å². The summed E-state index contributed by atoms with van der Waals surface area (Å²) in [5.74, 6) is 1.12. The van der Waals surface area contributed by atoms with E-state index in [1.54, 1.807) is 7.11 Å². The van der Waals surface area contributed by atoms with Crippen molar-refractivity contribution >= 4 is 11.6 Å². The summed E-state index contributed by atoms with van der Waals surface area (Å²) in [6, 6.07) is 16.9. The number of hydrogen-bond donors (Lipinski definition) is 1. The second-order valence-electron chi connectivity index (χ2n) is 9.11. The minimum Gasteiger partial charge on any atom is -0.497 e. The van der Waals surface area contributed by atoms with E-state index < -0.39 is 0 Å². The summed E-state index contributed by atoms with van der Waals surface area (Å²) in [4.78, 5) is 15.6. The molecule has 0 radical (unpaired) electrons. The number of ether oxygens (including phenoxy) is 1. The molecule has 2 aliphatic rings. The van der Waals surface area contributed by atoms with Crippen LogP contribution in [0.3, 0.4) is 0 Å². The zero-order chi connectivity index (χ0) is 21.5. The SMILES string of the molecule is COc1cccc(-c2cccc(NC(=O)C3CCN(C4CCCCCCC4)CC3)c2)c1. The lowest BCUT2D eigenvalue weighted by Crippen LogP contribution is -2.44. The van der Waals surface area contributed by atoms with Crippen LogP contribution in [0.1, 0.15) is 57.8 Å². The molecule has 1 heterocycles. The van der Waals surface area contributed by atoms with Gasteiger partial charge in [0, 0.05) is 17.6 Å². The summed E-state index contributed by atoms with van der Waals surface area (Å²) < 4.78 is 5.34. The van der Waals surface area contributed by atoms with Gasteiger partial charge in [0.2, 0.25) is 5.91 Å². The van der Waals surface area contributed by atoms with Gasteiger partial charge in [-0.1, -0.05) is 56.4 Å². The molecule has 4 heteroatoms. The fraction of sp³-hybridized carbons (Fsp3) is 0.519. The molecule has 1 saturated heterocycles. The predicted molar refractivity (Wildman–Crippen MR) is 127 cm³/mol. The van der Waals surface area contributed by atoms with E-state index in [2.05, 4.69) is 28.4 Å². The quantitative estimate of drug-likeness (QED) is 0.633. The fourth-order valence-corrected chi connectivity index (χ4v) is 5.15. The molecule has 31 heavy (non-hydrogen) atoms. The smallest absolute Gasteiger partial charge is 0.227 e. The van der Waals surface area contributed by atoms with E-state index in [9.17, 15) is 4.79 Å².